The molecule has 3 rings (SSSR count). The van der Waals surface area contributed by atoms with Gasteiger partial charge in [-0.15, -0.1) is 11.3 Å². The lowest BCUT2D eigenvalue weighted by Crippen LogP contribution is -1.89. The molecule has 3 aromatic rings. The number of nitrogens with one attached hydrogen (secondary N) is 1. The molecule has 0 aliphatic rings. The maximum absolute atomic E-state index is 8.76. The second-order valence-electron chi connectivity index (χ2n) is 4.09. The zero-order chi connectivity index (χ0) is 13.8. The molecule has 0 bridgehead atoms. The number of nitriles is 1. The predicted octanol–water partition coefficient (Wildman–Crippen LogP) is 3.82. The molecule has 96 valence electrons. The fourth-order valence-corrected chi connectivity index (χ4v) is 2.47. The van der Waals surface area contributed by atoms with Crippen molar-refractivity contribution in [1.82, 2.24) is 9.97 Å². The van der Waals surface area contributed by atoms with Crippen molar-refractivity contribution in [3.63, 3.8) is 0 Å². The smallest absolute Gasteiger partial charge is 0.187 e. The normalized spacial score (nSPS) is 9.95. The summed E-state index contributed by atoms with van der Waals surface area (Å²) in [4.78, 5) is 8.61. The van der Waals surface area contributed by atoms with Gasteiger partial charge in [-0.25, -0.2) is 4.98 Å². The van der Waals surface area contributed by atoms with Gasteiger partial charge in [0.15, 0.2) is 5.13 Å². The van der Waals surface area contributed by atoms with Crippen LogP contribution in [0, 0.1) is 11.3 Å². The summed E-state index contributed by atoms with van der Waals surface area (Å²) in [6.07, 6.45) is 3.53. The number of rotatable bonds is 3. The Bertz CT molecular complexity index is 742. The van der Waals surface area contributed by atoms with Gasteiger partial charge in [-0.05, 0) is 36.4 Å². The number of aromatic nitrogens is 2. The van der Waals surface area contributed by atoms with Crippen LogP contribution in [-0.2, 0) is 0 Å². The highest BCUT2D eigenvalue weighted by atomic mass is 32.1. The minimum atomic E-state index is 0.644. The molecule has 1 N–H and O–H groups in total. The van der Waals surface area contributed by atoms with Crippen LogP contribution in [0.25, 0.3) is 11.3 Å². The zero-order valence-electron chi connectivity index (χ0n) is 10.4. The van der Waals surface area contributed by atoms with Gasteiger partial charge in [-0.2, -0.15) is 5.26 Å². The number of pyridine rings is 1. The van der Waals surface area contributed by atoms with E-state index in [2.05, 4.69) is 21.4 Å². The molecule has 0 aliphatic heterocycles. The van der Waals surface area contributed by atoms with E-state index in [0.717, 1.165) is 22.1 Å². The molecule has 0 spiro atoms. The zero-order valence-corrected chi connectivity index (χ0v) is 11.3. The van der Waals surface area contributed by atoms with E-state index in [9.17, 15) is 0 Å². The molecule has 0 aliphatic carbocycles. The second-order valence-corrected chi connectivity index (χ2v) is 4.95. The van der Waals surface area contributed by atoms with E-state index in [4.69, 9.17) is 5.26 Å². The first-order valence-electron chi connectivity index (χ1n) is 5.98. The van der Waals surface area contributed by atoms with Gasteiger partial charge in [0, 0.05) is 29.0 Å². The van der Waals surface area contributed by atoms with Gasteiger partial charge in [0.05, 0.1) is 17.3 Å². The van der Waals surface area contributed by atoms with Crippen molar-refractivity contribution < 1.29 is 0 Å². The third-order valence-electron chi connectivity index (χ3n) is 2.73. The van der Waals surface area contributed by atoms with Crippen LogP contribution < -0.4 is 5.32 Å². The fraction of sp³-hybridized carbons (Fsp3) is 0. The number of anilines is 2. The van der Waals surface area contributed by atoms with E-state index in [1.165, 1.54) is 11.3 Å². The topological polar surface area (TPSA) is 61.6 Å². The highest BCUT2D eigenvalue weighted by Gasteiger charge is 2.04. The van der Waals surface area contributed by atoms with Crippen LogP contribution in [0.4, 0.5) is 10.8 Å². The maximum Gasteiger partial charge on any atom is 0.187 e. The van der Waals surface area contributed by atoms with Gasteiger partial charge < -0.3 is 5.32 Å². The molecular weight excluding hydrogens is 268 g/mol. The van der Waals surface area contributed by atoms with Crippen molar-refractivity contribution in [2.75, 3.05) is 5.32 Å². The summed E-state index contributed by atoms with van der Waals surface area (Å²) in [5.74, 6) is 0. The summed E-state index contributed by atoms with van der Waals surface area (Å²) in [6.45, 7) is 0. The Morgan fingerprint density at radius 2 is 2.00 bits per heavy atom. The lowest BCUT2D eigenvalue weighted by molar-refractivity contribution is 1.30. The molecule has 5 heteroatoms. The molecule has 0 saturated carbocycles. The summed E-state index contributed by atoms with van der Waals surface area (Å²) in [6, 6.07) is 13.2. The van der Waals surface area contributed by atoms with Crippen molar-refractivity contribution in [2.24, 2.45) is 0 Å². The van der Waals surface area contributed by atoms with Crippen molar-refractivity contribution in [3.8, 4) is 17.3 Å². The predicted molar refractivity (Wildman–Crippen MR) is 79.8 cm³/mol. The molecule has 0 amide bonds. The minimum Gasteiger partial charge on any atom is -0.332 e. The number of hydrogen-bond acceptors (Lipinski definition) is 5. The average molecular weight is 278 g/mol. The van der Waals surface area contributed by atoms with Gasteiger partial charge >= 0.3 is 0 Å². The second kappa shape index (κ2) is 5.51. The maximum atomic E-state index is 8.76. The van der Waals surface area contributed by atoms with E-state index in [1.807, 2.05) is 29.6 Å². The van der Waals surface area contributed by atoms with Crippen LogP contribution in [0.2, 0.25) is 0 Å². The third kappa shape index (κ3) is 2.66. The Morgan fingerprint density at radius 3 is 2.70 bits per heavy atom. The van der Waals surface area contributed by atoms with Crippen LogP contribution in [0.5, 0.6) is 0 Å². The highest BCUT2D eigenvalue weighted by molar-refractivity contribution is 7.14. The van der Waals surface area contributed by atoms with Crippen molar-refractivity contribution in [2.45, 2.75) is 0 Å². The van der Waals surface area contributed by atoms with Crippen molar-refractivity contribution in [3.05, 3.63) is 59.7 Å². The van der Waals surface area contributed by atoms with Gasteiger partial charge in [0.2, 0.25) is 0 Å². The van der Waals surface area contributed by atoms with Gasteiger partial charge in [-0.1, -0.05) is 0 Å². The Hall–Kier alpha value is -2.71. The minimum absolute atomic E-state index is 0.644. The van der Waals surface area contributed by atoms with Crippen LogP contribution in [0.3, 0.4) is 0 Å². The average Bonchev–Trinajstić information content (AvgIpc) is 2.97. The van der Waals surface area contributed by atoms with Crippen LogP contribution in [0.15, 0.2) is 54.2 Å². The van der Waals surface area contributed by atoms with Crippen LogP contribution >= 0.6 is 11.3 Å². The molecule has 1 aromatic carbocycles. The molecule has 2 aromatic heterocycles. The van der Waals surface area contributed by atoms with E-state index in [0.29, 0.717) is 5.56 Å². The van der Waals surface area contributed by atoms with Gasteiger partial charge in [-0.3, -0.25) is 4.98 Å². The summed E-state index contributed by atoms with van der Waals surface area (Å²) < 4.78 is 0. The number of benzene rings is 1. The lowest BCUT2D eigenvalue weighted by Gasteiger charge is -2.01. The van der Waals surface area contributed by atoms with Crippen LogP contribution in [-0.4, -0.2) is 9.97 Å². The Kier molecular flexibility index (Phi) is 3.40. The molecular formula is C15H10N4S. The summed E-state index contributed by atoms with van der Waals surface area (Å²) in [7, 11) is 0. The third-order valence-corrected chi connectivity index (χ3v) is 3.48. The lowest BCUT2D eigenvalue weighted by atomic mass is 10.2. The first-order chi connectivity index (χ1) is 9.85. The van der Waals surface area contributed by atoms with Crippen LogP contribution in [0.1, 0.15) is 5.56 Å². The molecule has 0 atom stereocenters. The number of nitrogens with zero attached hydrogens (tertiary/aromatic N) is 3. The van der Waals surface area contributed by atoms with Gasteiger partial charge in [0.25, 0.3) is 0 Å². The van der Waals surface area contributed by atoms with Gasteiger partial charge in [0.1, 0.15) is 0 Å². The fourth-order valence-electron chi connectivity index (χ4n) is 1.73. The molecule has 0 fully saturated rings. The van der Waals surface area contributed by atoms with E-state index in [1.54, 1.807) is 24.5 Å². The van der Waals surface area contributed by atoms with Crippen molar-refractivity contribution in [1.29, 1.82) is 5.26 Å². The first-order valence-corrected chi connectivity index (χ1v) is 6.86. The molecule has 0 radical (unpaired) electrons. The monoisotopic (exact) mass is 278 g/mol. The van der Waals surface area contributed by atoms with E-state index < -0.39 is 0 Å². The Morgan fingerprint density at radius 1 is 1.15 bits per heavy atom. The molecule has 20 heavy (non-hydrogen) atoms. The van der Waals surface area contributed by atoms with Crippen molar-refractivity contribution >= 4 is 22.2 Å². The number of hydrogen-bond donors (Lipinski definition) is 1. The Labute approximate surface area is 120 Å². The van der Waals surface area contributed by atoms with E-state index >= 15 is 0 Å². The molecule has 0 unspecified atom stereocenters. The summed E-state index contributed by atoms with van der Waals surface area (Å²) >= 11 is 1.53. The number of thiazole rings is 1. The standard InChI is InChI=1S/C15H10N4S/c16-8-11-3-5-13(6-4-11)18-15-19-14(10-20-15)12-2-1-7-17-9-12/h1-7,9-10H,(H,18,19). The molecule has 4 nitrogen and oxygen atoms in total. The van der Waals surface area contributed by atoms with E-state index in [-0.39, 0.29) is 0 Å². The first kappa shape index (κ1) is 12.3. The summed E-state index contributed by atoms with van der Waals surface area (Å²) in [5.41, 5.74) is 3.46. The Balaban J connectivity index is 1.79. The highest BCUT2D eigenvalue weighted by Crippen LogP contribution is 2.26. The molecule has 2 heterocycles. The summed E-state index contributed by atoms with van der Waals surface area (Å²) in [5, 5.41) is 14.8. The quantitative estimate of drug-likeness (QED) is 0.791. The molecule has 0 saturated heterocycles. The largest absolute Gasteiger partial charge is 0.332 e. The SMILES string of the molecule is N#Cc1ccc(Nc2nc(-c3cccnc3)cs2)cc1.